The van der Waals surface area contributed by atoms with Crippen LogP contribution in [0.25, 0.3) is 0 Å². The Morgan fingerprint density at radius 3 is 2.20 bits per heavy atom. The van der Waals surface area contributed by atoms with E-state index in [0.717, 1.165) is 32.1 Å². The summed E-state index contributed by atoms with van der Waals surface area (Å²) in [7, 11) is -2.86. The third kappa shape index (κ3) is 4.11. The summed E-state index contributed by atoms with van der Waals surface area (Å²) >= 11 is 0. The summed E-state index contributed by atoms with van der Waals surface area (Å²) in [6.07, 6.45) is 4.05. The lowest BCUT2D eigenvalue weighted by molar-refractivity contribution is 0.432. The first kappa shape index (κ1) is 13.0. The molecule has 3 nitrogen and oxygen atoms in total. The van der Waals surface area contributed by atoms with Crippen molar-refractivity contribution in [2.24, 2.45) is 11.7 Å². The van der Waals surface area contributed by atoms with E-state index < -0.39 is 9.84 Å². The van der Waals surface area contributed by atoms with Gasteiger partial charge in [0.1, 0.15) is 0 Å². The lowest BCUT2D eigenvalue weighted by Crippen LogP contribution is -2.34. The number of nitrogens with two attached hydrogens (primary N) is 1. The molecule has 1 aliphatic rings. The predicted molar refractivity (Wildman–Crippen MR) is 63.5 cm³/mol. The summed E-state index contributed by atoms with van der Waals surface area (Å²) in [6, 6.07) is 0.224. The second kappa shape index (κ2) is 5.30. The molecule has 1 rings (SSSR count). The third-order valence-electron chi connectivity index (χ3n) is 3.21. The molecule has 4 heteroatoms. The van der Waals surface area contributed by atoms with Gasteiger partial charge < -0.3 is 5.73 Å². The fourth-order valence-corrected chi connectivity index (χ4v) is 4.14. The first-order valence-electron chi connectivity index (χ1n) is 5.89. The van der Waals surface area contributed by atoms with Crippen molar-refractivity contribution in [3.8, 4) is 0 Å². The largest absolute Gasteiger partial charge is 0.328 e. The topological polar surface area (TPSA) is 60.2 Å². The molecule has 1 fully saturated rings. The van der Waals surface area contributed by atoms with Crippen molar-refractivity contribution in [2.75, 3.05) is 5.75 Å². The smallest absolute Gasteiger partial charge is 0.153 e. The minimum absolute atomic E-state index is 0.115. The number of hydrogen-bond donors (Lipinski definition) is 1. The van der Waals surface area contributed by atoms with Crippen LogP contribution in [0.1, 0.15) is 46.0 Å². The molecular weight excluding hydrogens is 210 g/mol. The van der Waals surface area contributed by atoms with Gasteiger partial charge in [-0.05, 0) is 38.0 Å². The number of sulfone groups is 1. The fourth-order valence-electron chi connectivity index (χ4n) is 2.01. The minimum Gasteiger partial charge on any atom is -0.328 e. The van der Waals surface area contributed by atoms with Crippen LogP contribution in [-0.2, 0) is 9.84 Å². The van der Waals surface area contributed by atoms with E-state index in [-0.39, 0.29) is 11.3 Å². The van der Waals surface area contributed by atoms with E-state index in [2.05, 4.69) is 13.8 Å². The van der Waals surface area contributed by atoms with Gasteiger partial charge in [-0.3, -0.25) is 0 Å². The lowest BCUT2D eigenvalue weighted by Gasteiger charge is -2.26. The Morgan fingerprint density at radius 2 is 1.73 bits per heavy atom. The average Bonchev–Trinajstić information content (AvgIpc) is 2.16. The quantitative estimate of drug-likeness (QED) is 0.804. The highest BCUT2D eigenvalue weighted by Gasteiger charge is 2.29. The summed E-state index contributed by atoms with van der Waals surface area (Å²) in [5.74, 6) is 0.815. The molecule has 2 N–H and O–H groups in total. The molecule has 0 bridgehead atoms. The normalized spacial score (nSPS) is 28.3. The summed E-state index contributed by atoms with van der Waals surface area (Å²) in [4.78, 5) is 0. The summed E-state index contributed by atoms with van der Waals surface area (Å²) < 4.78 is 23.9. The molecular formula is C11H23NO2S. The van der Waals surface area contributed by atoms with Crippen molar-refractivity contribution in [3.05, 3.63) is 0 Å². The van der Waals surface area contributed by atoms with Crippen molar-refractivity contribution in [2.45, 2.75) is 57.2 Å². The predicted octanol–water partition coefficient (Wildman–Crippen LogP) is 1.72. The molecule has 0 aromatic rings. The van der Waals surface area contributed by atoms with E-state index >= 15 is 0 Å². The molecule has 1 saturated carbocycles. The molecule has 15 heavy (non-hydrogen) atoms. The van der Waals surface area contributed by atoms with Crippen LogP contribution in [0, 0.1) is 5.92 Å². The zero-order valence-corrected chi connectivity index (χ0v) is 10.6. The molecule has 0 atom stereocenters. The van der Waals surface area contributed by atoms with Crippen molar-refractivity contribution in [3.63, 3.8) is 0 Å². The monoisotopic (exact) mass is 233 g/mol. The number of rotatable bonds is 4. The van der Waals surface area contributed by atoms with E-state index in [1.54, 1.807) is 0 Å². The molecule has 0 unspecified atom stereocenters. The van der Waals surface area contributed by atoms with Crippen molar-refractivity contribution in [1.29, 1.82) is 0 Å². The van der Waals surface area contributed by atoms with Crippen LogP contribution in [0.3, 0.4) is 0 Å². The average molecular weight is 233 g/mol. The van der Waals surface area contributed by atoms with Gasteiger partial charge in [-0.1, -0.05) is 13.8 Å². The molecule has 0 aliphatic heterocycles. The highest BCUT2D eigenvalue weighted by Crippen LogP contribution is 2.24. The zero-order chi connectivity index (χ0) is 11.5. The molecule has 0 aromatic carbocycles. The van der Waals surface area contributed by atoms with Crippen LogP contribution in [0.5, 0.6) is 0 Å². The maximum absolute atomic E-state index is 12.0. The first-order valence-corrected chi connectivity index (χ1v) is 7.60. The Hall–Kier alpha value is -0.0900. The van der Waals surface area contributed by atoms with Crippen molar-refractivity contribution < 1.29 is 8.42 Å². The Labute approximate surface area is 93.3 Å². The Balaban J connectivity index is 2.47. The van der Waals surface area contributed by atoms with Crippen molar-refractivity contribution >= 4 is 9.84 Å². The van der Waals surface area contributed by atoms with Crippen LogP contribution in [0.2, 0.25) is 0 Å². The minimum atomic E-state index is -2.86. The van der Waals surface area contributed by atoms with Gasteiger partial charge in [0, 0.05) is 6.04 Å². The molecule has 0 heterocycles. The summed E-state index contributed by atoms with van der Waals surface area (Å²) in [5, 5.41) is -0.115. The highest BCUT2D eigenvalue weighted by atomic mass is 32.2. The molecule has 0 amide bonds. The van der Waals surface area contributed by atoms with Gasteiger partial charge in [-0.2, -0.15) is 0 Å². The third-order valence-corrected chi connectivity index (χ3v) is 5.50. The van der Waals surface area contributed by atoms with Crippen LogP contribution >= 0.6 is 0 Å². The maximum Gasteiger partial charge on any atom is 0.153 e. The van der Waals surface area contributed by atoms with Gasteiger partial charge >= 0.3 is 0 Å². The lowest BCUT2D eigenvalue weighted by atomic mass is 9.96. The molecule has 1 aliphatic carbocycles. The first-order chi connectivity index (χ1) is 6.92. The van der Waals surface area contributed by atoms with Crippen LogP contribution < -0.4 is 5.73 Å². The van der Waals surface area contributed by atoms with Gasteiger partial charge in [0.2, 0.25) is 0 Å². The van der Waals surface area contributed by atoms with Gasteiger partial charge in [0.25, 0.3) is 0 Å². The van der Waals surface area contributed by atoms with Gasteiger partial charge in [0.05, 0.1) is 11.0 Å². The standard InChI is InChI=1S/C11H23NO2S/c1-9(2)7-8-15(13,14)11-5-3-10(12)4-6-11/h9-11H,3-8,12H2,1-2H3. The van der Waals surface area contributed by atoms with E-state index in [1.165, 1.54) is 0 Å². The zero-order valence-electron chi connectivity index (χ0n) is 9.78. The van der Waals surface area contributed by atoms with Crippen LogP contribution in [0.15, 0.2) is 0 Å². The van der Waals surface area contributed by atoms with Crippen molar-refractivity contribution in [1.82, 2.24) is 0 Å². The SMILES string of the molecule is CC(C)CCS(=O)(=O)C1CCC(N)CC1. The maximum atomic E-state index is 12.0. The van der Waals surface area contributed by atoms with Crippen LogP contribution in [0.4, 0.5) is 0 Å². The van der Waals surface area contributed by atoms with E-state index in [1.807, 2.05) is 0 Å². The molecule has 90 valence electrons. The Morgan fingerprint density at radius 1 is 1.20 bits per heavy atom. The molecule has 0 saturated heterocycles. The second-order valence-electron chi connectivity index (χ2n) is 5.09. The van der Waals surface area contributed by atoms with E-state index in [9.17, 15) is 8.42 Å². The highest BCUT2D eigenvalue weighted by molar-refractivity contribution is 7.92. The summed E-state index contributed by atoms with van der Waals surface area (Å²) in [6.45, 7) is 4.12. The molecule has 0 aromatic heterocycles. The fraction of sp³-hybridized carbons (Fsp3) is 1.00. The van der Waals surface area contributed by atoms with E-state index in [0.29, 0.717) is 11.7 Å². The van der Waals surface area contributed by atoms with Crippen LogP contribution in [-0.4, -0.2) is 25.5 Å². The summed E-state index contributed by atoms with van der Waals surface area (Å²) in [5.41, 5.74) is 5.77. The molecule has 0 radical (unpaired) electrons. The van der Waals surface area contributed by atoms with E-state index in [4.69, 9.17) is 5.73 Å². The van der Waals surface area contributed by atoms with Gasteiger partial charge in [0.15, 0.2) is 9.84 Å². The second-order valence-corrected chi connectivity index (χ2v) is 7.49. The number of hydrogen-bond acceptors (Lipinski definition) is 3. The molecule has 0 spiro atoms. The van der Waals surface area contributed by atoms with Gasteiger partial charge in [-0.15, -0.1) is 0 Å². The Bertz CT molecular complexity index is 277. The Kier molecular flexibility index (Phi) is 4.59. The van der Waals surface area contributed by atoms with Gasteiger partial charge in [-0.25, -0.2) is 8.42 Å².